The average Bonchev–Trinajstić information content (AvgIpc) is 2.44. The van der Waals surface area contributed by atoms with E-state index in [4.69, 9.17) is 0 Å². The highest BCUT2D eigenvalue weighted by molar-refractivity contribution is 5.92. The first-order valence-corrected chi connectivity index (χ1v) is 6.49. The van der Waals surface area contributed by atoms with E-state index in [-0.39, 0.29) is 23.4 Å². The lowest BCUT2D eigenvalue weighted by atomic mass is 9.96. The molecule has 6 heteroatoms. The molecule has 0 aromatic heterocycles. The molecule has 1 aliphatic heterocycles. The fourth-order valence-electron chi connectivity index (χ4n) is 2.29. The second kappa shape index (κ2) is 5.98. The Kier molecular flexibility index (Phi) is 4.32. The molecule has 1 saturated heterocycles. The van der Waals surface area contributed by atoms with Gasteiger partial charge in [0.2, 0.25) is 11.8 Å². The third kappa shape index (κ3) is 3.12. The SMILES string of the molecule is CC(=O)N1CCC(C(=O)Nc2cccc(F)c2F)CC1. The quantitative estimate of drug-likeness (QED) is 0.903. The average molecular weight is 282 g/mol. The van der Waals surface area contributed by atoms with E-state index >= 15 is 0 Å². The van der Waals surface area contributed by atoms with Crippen molar-refractivity contribution >= 4 is 17.5 Å². The molecule has 0 radical (unpaired) electrons. The number of hydrogen-bond donors (Lipinski definition) is 1. The summed E-state index contributed by atoms with van der Waals surface area (Å²) in [6.45, 7) is 2.51. The van der Waals surface area contributed by atoms with Crippen molar-refractivity contribution in [1.29, 1.82) is 0 Å². The number of nitrogens with zero attached hydrogens (tertiary/aromatic N) is 1. The number of amides is 2. The molecule has 20 heavy (non-hydrogen) atoms. The van der Waals surface area contributed by atoms with Gasteiger partial charge in [0.25, 0.3) is 0 Å². The Morgan fingerprint density at radius 1 is 1.25 bits per heavy atom. The molecule has 4 nitrogen and oxygen atoms in total. The van der Waals surface area contributed by atoms with Crippen LogP contribution in [0.2, 0.25) is 0 Å². The van der Waals surface area contributed by atoms with E-state index in [1.807, 2.05) is 0 Å². The molecule has 0 atom stereocenters. The monoisotopic (exact) mass is 282 g/mol. The van der Waals surface area contributed by atoms with Crippen molar-refractivity contribution in [2.45, 2.75) is 19.8 Å². The minimum Gasteiger partial charge on any atom is -0.343 e. The van der Waals surface area contributed by atoms with Crippen molar-refractivity contribution in [3.8, 4) is 0 Å². The van der Waals surface area contributed by atoms with Crippen LogP contribution in [0.5, 0.6) is 0 Å². The maximum atomic E-state index is 13.5. The molecule has 2 amide bonds. The second-order valence-electron chi connectivity index (χ2n) is 4.87. The number of rotatable bonds is 2. The highest BCUT2D eigenvalue weighted by atomic mass is 19.2. The lowest BCUT2D eigenvalue weighted by molar-refractivity contribution is -0.132. The second-order valence-corrected chi connectivity index (χ2v) is 4.87. The van der Waals surface area contributed by atoms with Crippen molar-refractivity contribution in [2.24, 2.45) is 5.92 Å². The van der Waals surface area contributed by atoms with Gasteiger partial charge in [0.05, 0.1) is 5.69 Å². The Labute approximate surface area is 115 Å². The molecule has 1 aromatic rings. The van der Waals surface area contributed by atoms with Gasteiger partial charge in [-0.05, 0) is 25.0 Å². The van der Waals surface area contributed by atoms with Crippen LogP contribution in [0.25, 0.3) is 0 Å². The molecule has 1 heterocycles. The van der Waals surface area contributed by atoms with E-state index in [2.05, 4.69) is 5.32 Å². The number of piperidine rings is 1. The van der Waals surface area contributed by atoms with E-state index in [1.165, 1.54) is 19.1 Å². The summed E-state index contributed by atoms with van der Waals surface area (Å²) in [6.07, 6.45) is 1.06. The van der Waals surface area contributed by atoms with Gasteiger partial charge in [-0.3, -0.25) is 9.59 Å². The molecule has 0 bridgehead atoms. The van der Waals surface area contributed by atoms with Crippen molar-refractivity contribution < 1.29 is 18.4 Å². The third-order valence-electron chi connectivity index (χ3n) is 3.52. The Hall–Kier alpha value is -1.98. The predicted molar refractivity (Wildman–Crippen MR) is 70.0 cm³/mol. The van der Waals surface area contributed by atoms with E-state index in [0.717, 1.165) is 6.07 Å². The largest absolute Gasteiger partial charge is 0.343 e. The molecule has 0 unspecified atom stereocenters. The van der Waals surface area contributed by atoms with Crippen LogP contribution in [0.4, 0.5) is 14.5 Å². The summed E-state index contributed by atoms with van der Waals surface area (Å²) in [5.74, 6) is -2.68. The van der Waals surface area contributed by atoms with Crippen LogP contribution in [0.3, 0.4) is 0 Å². The molecule has 0 spiro atoms. The van der Waals surface area contributed by atoms with Crippen LogP contribution in [-0.2, 0) is 9.59 Å². The Balaban J connectivity index is 1.96. The molecule has 1 N–H and O–H groups in total. The van der Waals surface area contributed by atoms with Gasteiger partial charge >= 0.3 is 0 Å². The molecule has 0 aliphatic carbocycles. The molecule has 0 saturated carbocycles. The maximum absolute atomic E-state index is 13.5. The van der Waals surface area contributed by atoms with E-state index in [9.17, 15) is 18.4 Å². The number of anilines is 1. The summed E-state index contributed by atoms with van der Waals surface area (Å²) in [5, 5.41) is 2.41. The van der Waals surface area contributed by atoms with Crippen molar-refractivity contribution in [3.05, 3.63) is 29.8 Å². The lowest BCUT2D eigenvalue weighted by Gasteiger charge is -2.30. The normalized spacial score (nSPS) is 16.1. The third-order valence-corrected chi connectivity index (χ3v) is 3.52. The van der Waals surface area contributed by atoms with Crippen molar-refractivity contribution in [1.82, 2.24) is 4.90 Å². The van der Waals surface area contributed by atoms with E-state index < -0.39 is 11.6 Å². The minimum atomic E-state index is -1.05. The summed E-state index contributed by atoms with van der Waals surface area (Å²) in [5.41, 5.74) is -0.149. The van der Waals surface area contributed by atoms with Crippen molar-refractivity contribution in [3.63, 3.8) is 0 Å². The first-order valence-electron chi connectivity index (χ1n) is 6.49. The van der Waals surface area contributed by atoms with Crippen LogP contribution in [0.15, 0.2) is 18.2 Å². The Morgan fingerprint density at radius 2 is 1.90 bits per heavy atom. The molecule has 1 aliphatic rings. The van der Waals surface area contributed by atoms with Crippen LogP contribution < -0.4 is 5.32 Å². The highest BCUT2D eigenvalue weighted by Crippen LogP contribution is 2.21. The van der Waals surface area contributed by atoms with E-state index in [1.54, 1.807) is 4.90 Å². The van der Waals surface area contributed by atoms with Crippen molar-refractivity contribution in [2.75, 3.05) is 18.4 Å². The highest BCUT2D eigenvalue weighted by Gasteiger charge is 2.26. The van der Waals surface area contributed by atoms with Crippen LogP contribution >= 0.6 is 0 Å². The zero-order valence-corrected chi connectivity index (χ0v) is 11.2. The number of carbonyl (C=O) groups excluding carboxylic acids is 2. The van der Waals surface area contributed by atoms with Gasteiger partial charge in [-0.1, -0.05) is 6.07 Å². The number of hydrogen-bond acceptors (Lipinski definition) is 2. The first kappa shape index (κ1) is 14.4. The minimum absolute atomic E-state index is 0.0139. The smallest absolute Gasteiger partial charge is 0.227 e. The van der Waals surface area contributed by atoms with Gasteiger partial charge in [-0.15, -0.1) is 0 Å². The fourth-order valence-corrected chi connectivity index (χ4v) is 2.29. The maximum Gasteiger partial charge on any atom is 0.227 e. The standard InChI is InChI=1S/C14H16F2N2O2/c1-9(19)18-7-5-10(6-8-18)14(20)17-12-4-2-3-11(15)13(12)16/h2-4,10H,5-8H2,1H3,(H,17,20). The Bertz CT molecular complexity index is 526. The molecule has 108 valence electrons. The van der Waals surface area contributed by atoms with Gasteiger partial charge in [0.1, 0.15) is 0 Å². The van der Waals surface area contributed by atoms with Gasteiger partial charge in [-0.25, -0.2) is 8.78 Å². The number of halogens is 2. The lowest BCUT2D eigenvalue weighted by Crippen LogP contribution is -2.40. The molecular weight excluding hydrogens is 266 g/mol. The number of nitrogens with one attached hydrogen (secondary N) is 1. The van der Waals surface area contributed by atoms with Gasteiger partial charge in [-0.2, -0.15) is 0 Å². The molecule has 1 aromatic carbocycles. The zero-order chi connectivity index (χ0) is 14.7. The fraction of sp³-hybridized carbons (Fsp3) is 0.429. The Morgan fingerprint density at radius 3 is 2.50 bits per heavy atom. The number of carbonyl (C=O) groups is 2. The van der Waals surface area contributed by atoms with Crippen LogP contribution in [0.1, 0.15) is 19.8 Å². The van der Waals surface area contributed by atoms with Gasteiger partial charge in [0.15, 0.2) is 11.6 Å². The zero-order valence-electron chi connectivity index (χ0n) is 11.2. The summed E-state index contributed by atoms with van der Waals surface area (Å²) in [7, 11) is 0. The topological polar surface area (TPSA) is 49.4 Å². The summed E-state index contributed by atoms with van der Waals surface area (Å²) in [6, 6.07) is 3.66. The molecule has 1 fully saturated rings. The first-order chi connectivity index (χ1) is 9.49. The van der Waals surface area contributed by atoms with Gasteiger partial charge in [0, 0.05) is 25.9 Å². The summed E-state index contributed by atoms with van der Waals surface area (Å²) in [4.78, 5) is 24.9. The van der Waals surface area contributed by atoms with Crippen LogP contribution in [-0.4, -0.2) is 29.8 Å². The molecule has 2 rings (SSSR count). The number of likely N-dealkylation sites (tertiary alicyclic amines) is 1. The predicted octanol–water partition coefficient (Wildman–Crippen LogP) is 2.16. The van der Waals surface area contributed by atoms with Gasteiger partial charge < -0.3 is 10.2 Å². The number of benzene rings is 1. The van der Waals surface area contributed by atoms with E-state index in [0.29, 0.717) is 25.9 Å². The molecular formula is C14H16F2N2O2. The summed E-state index contributed by atoms with van der Waals surface area (Å²) < 4.78 is 26.5. The summed E-state index contributed by atoms with van der Waals surface area (Å²) >= 11 is 0. The van der Waals surface area contributed by atoms with Crippen LogP contribution in [0, 0.1) is 17.6 Å².